The molecule has 2 bridgehead atoms. The molecule has 1 aliphatic carbocycles. The summed E-state index contributed by atoms with van der Waals surface area (Å²) in [5, 5.41) is 0. The van der Waals surface area contributed by atoms with Crippen molar-refractivity contribution in [3.05, 3.63) is 52.7 Å². The van der Waals surface area contributed by atoms with Crippen molar-refractivity contribution >= 4 is 12.0 Å². The van der Waals surface area contributed by atoms with Crippen LogP contribution >= 0.6 is 0 Å². The number of aldehydes is 1. The Kier molecular flexibility index (Phi) is 2.99. The Labute approximate surface area is 150 Å². The lowest BCUT2D eigenvalue weighted by Crippen LogP contribution is -2.56. The number of anilines is 1. The van der Waals surface area contributed by atoms with Crippen molar-refractivity contribution in [1.29, 1.82) is 0 Å². The van der Waals surface area contributed by atoms with Crippen LogP contribution in [0.5, 0.6) is 0 Å². The van der Waals surface area contributed by atoms with Crippen LogP contribution in [0.1, 0.15) is 31.7 Å². The molecule has 0 aromatic heterocycles. The molecule has 3 heterocycles. The summed E-state index contributed by atoms with van der Waals surface area (Å²) in [7, 11) is 4.63. The molecule has 1 spiro atoms. The number of hydrogen-bond acceptors (Lipinski definition) is 2. The second-order valence-corrected chi connectivity index (χ2v) is 8.56. The van der Waals surface area contributed by atoms with Crippen molar-refractivity contribution in [3.63, 3.8) is 0 Å². The highest BCUT2D eigenvalue weighted by Gasteiger charge is 2.66. The van der Waals surface area contributed by atoms with Gasteiger partial charge in [-0.15, -0.1) is 0 Å². The van der Waals surface area contributed by atoms with E-state index < -0.39 is 0 Å². The van der Waals surface area contributed by atoms with E-state index in [2.05, 4.69) is 56.3 Å². The first-order valence-electron chi connectivity index (χ1n) is 9.59. The highest BCUT2D eigenvalue weighted by Crippen LogP contribution is 2.63. The third kappa shape index (κ3) is 1.63. The number of quaternary nitrogens is 1. The molecule has 0 radical (unpaired) electrons. The average molecular weight is 335 g/mol. The predicted molar refractivity (Wildman–Crippen MR) is 100 cm³/mol. The molecular formula is C22H27N2O+. The SMILES string of the molecule is C/C=C1\CC[N@+]2(C)CC[C@@]34C(=C(C=O)[C@H]1C[C@H]32)N(C)c1ccccc14. The molecule has 4 atom stereocenters. The summed E-state index contributed by atoms with van der Waals surface area (Å²) in [4.78, 5) is 14.6. The van der Waals surface area contributed by atoms with Gasteiger partial charge in [0, 0.05) is 49.2 Å². The molecule has 130 valence electrons. The average Bonchev–Trinajstić information content (AvgIpc) is 3.02. The van der Waals surface area contributed by atoms with Crippen LogP contribution in [0.2, 0.25) is 0 Å². The van der Waals surface area contributed by atoms with Crippen molar-refractivity contribution in [2.75, 3.05) is 32.1 Å². The largest absolute Gasteiger partial charge is 0.346 e. The van der Waals surface area contributed by atoms with Gasteiger partial charge in [0.05, 0.1) is 25.6 Å². The molecule has 25 heavy (non-hydrogen) atoms. The number of allylic oxidation sites excluding steroid dienone is 2. The van der Waals surface area contributed by atoms with Crippen molar-refractivity contribution < 1.29 is 9.28 Å². The normalized spacial score (nSPS) is 40.1. The van der Waals surface area contributed by atoms with Crippen LogP contribution < -0.4 is 4.90 Å². The topological polar surface area (TPSA) is 20.3 Å². The maximum atomic E-state index is 12.3. The van der Waals surface area contributed by atoms with Gasteiger partial charge in [-0.1, -0.05) is 29.8 Å². The fraction of sp³-hybridized carbons (Fsp3) is 0.500. The number of hydrogen-bond donors (Lipinski definition) is 0. The lowest BCUT2D eigenvalue weighted by atomic mass is 9.63. The summed E-state index contributed by atoms with van der Waals surface area (Å²) < 4.78 is 1.16. The Morgan fingerprint density at radius 2 is 2.08 bits per heavy atom. The zero-order valence-electron chi connectivity index (χ0n) is 15.5. The third-order valence-electron chi connectivity index (χ3n) is 7.81. The standard InChI is InChI=1S/C22H27N2O/c1-4-15-9-11-24(3)12-10-22-18-7-5-6-8-19(18)23(2)21(22)17(14-25)16(15)13-20(22)24/h4-8,14,16,20H,9-13H2,1-3H3/q+1/b15-4+/t16-,20+,22-,24+/m0/s1. The summed E-state index contributed by atoms with van der Waals surface area (Å²) in [6, 6.07) is 9.43. The van der Waals surface area contributed by atoms with Gasteiger partial charge in [-0.05, 0) is 18.6 Å². The van der Waals surface area contributed by atoms with E-state index in [0.29, 0.717) is 12.0 Å². The molecule has 3 heteroatoms. The van der Waals surface area contributed by atoms with E-state index in [0.717, 1.165) is 22.9 Å². The Bertz CT molecular complexity index is 838. The number of para-hydroxylation sites is 1. The number of rotatable bonds is 1. The molecule has 0 unspecified atom stereocenters. The van der Waals surface area contributed by atoms with Crippen LogP contribution in [-0.4, -0.2) is 44.0 Å². The zero-order valence-corrected chi connectivity index (χ0v) is 15.5. The molecule has 3 nitrogen and oxygen atoms in total. The molecule has 0 amide bonds. The first kappa shape index (κ1) is 15.4. The molecular weight excluding hydrogens is 308 g/mol. The monoisotopic (exact) mass is 335 g/mol. The van der Waals surface area contributed by atoms with E-state index in [1.165, 1.54) is 48.3 Å². The van der Waals surface area contributed by atoms with Crippen LogP contribution in [0.4, 0.5) is 5.69 Å². The first-order valence-corrected chi connectivity index (χ1v) is 9.59. The maximum Gasteiger partial charge on any atom is 0.148 e. The number of carbonyl (C=O) groups excluding carboxylic acids is 1. The molecule has 2 fully saturated rings. The molecule has 1 aromatic carbocycles. The third-order valence-corrected chi connectivity index (χ3v) is 7.81. The molecule has 0 saturated carbocycles. The summed E-state index contributed by atoms with van der Waals surface area (Å²) in [5.41, 5.74) is 6.64. The minimum atomic E-state index is 0.0377. The lowest BCUT2D eigenvalue weighted by Gasteiger charge is -2.45. The van der Waals surface area contributed by atoms with E-state index in [9.17, 15) is 4.79 Å². The van der Waals surface area contributed by atoms with Crippen molar-refractivity contribution in [1.82, 2.24) is 0 Å². The number of benzene rings is 1. The van der Waals surface area contributed by atoms with Crippen molar-refractivity contribution in [2.24, 2.45) is 5.92 Å². The summed E-state index contributed by atoms with van der Waals surface area (Å²) >= 11 is 0. The maximum absolute atomic E-state index is 12.3. The van der Waals surface area contributed by atoms with Crippen LogP contribution in [0, 0.1) is 5.92 Å². The fourth-order valence-corrected chi connectivity index (χ4v) is 6.65. The van der Waals surface area contributed by atoms with Gasteiger partial charge in [-0.3, -0.25) is 4.79 Å². The van der Waals surface area contributed by atoms with E-state index in [4.69, 9.17) is 0 Å². The van der Waals surface area contributed by atoms with E-state index in [-0.39, 0.29) is 5.41 Å². The van der Waals surface area contributed by atoms with Gasteiger partial charge in [-0.2, -0.15) is 0 Å². The number of fused-ring (bicyclic) bond motifs is 2. The minimum Gasteiger partial charge on any atom is -0.346 e. The van der Waals surface area contributed by atoms with Crippen molar-refractivity contribution in [2.45, 2.75) is 37.6 Å². The van der Waals surface area contributed by atoms with Gasteiger partial charge in [0.2, 0.25) is 0 Å². The molecule has 1 aromatic rings. The van der Waals surface area contributed by atoms with Crippen LogP contribution in [0.25, 0.3) is 0 Å². The number of carbonyl (C=O) groups is 1. The number of nitrogens with zero attached hydrogens (tertiary/aromatic N) is 2. The van der Waals surface area contributed by atoms with E-state index >= 15 is 0 Å². The van der Waals surface area contributed by atoms with Crippen molar-refractivity contribution in [3.8, 4) is 0 Å². The first-order chi connectivity index (χ1) is 12.1. The summed E-state index contributed by atoms with van der Waals surface area (Å²) in [5.74, 6) is 0.311. The molecule has 0 N–H and O–H groups in total. The van der Waals surface area contributed by atoms with Gasteiger partial charge in [0.15, 0.2) is 0 Å². The van der Waals surface area contributed by atoms with Gasteiger partial charge < -0.3 is 9.38 Å². The van der Waals surface area contributed by atoms with Gasteiger partial charge >= 0.3 is 0 Å². The lowest BCUT2D eigenvalue weighted by molar-refractivity contribution is -0.922. The smallest absolute Gasteiger partial charge is 0.148 e. The van der Waals surface area contributed by atoms with Gasteiger partial charge in [-0.25, -0.2) is 0 Å². The van der Waals surface area contributed by atoms with Gasteiger partial charge in [0.25, 0.3) is 0 Å². The second-order valence-electron chi connectivity index (χ2n) is 8.56. The Balaban J connectivity index is 1.87. The van der Waals surface area contributed by atoms with E-state index in [1.807, 2.05) is 0 Å². The summed E-state index contributed by atoms with van der Waals surface area (Å²) in [6.45, 7) is 4.56. The Morgan fingerprint density at radius 1 is 1.28 bits per heavy atom. The Morgan fingerprint density at radius 3 is 2.84 bits per heavy atom. The predicted octanol–water partition coefficient (Wildman–Crippen LogP) is 3.42. The highest BCUT2D eigenvalue weighted by atomic mass is 16.1. The highest BCUT2D eigenvalue weighted by molar-refractivity contribution is 5.85. The molecule has 5 rings (SSSR count). The molecule has 3 aliphatic heterocycles. The zero-order chi connectivity index (χ0) is 17.4. The second kappa shape index (κ2) is 4.85. The summed E-state index contributed by atoms with van der Waals surface area (Å²) in [6.07, 6.45) is 6.87. The number of likely N-dealkylation sites (N-methyl/N-ethyl adjacent to an activating group) is 2. The van der Waals surface area contributed by atoms with Gasteiger partial charge in [0.1, 0.15) is 12.3 Å². The van der Waals surface area contributed by atoms with Crippen LogP contribution in [-0.2, 0) is 10.2 Å². The Hall–Kier alpha value is -1.87. The van der Waals surface area contributed by atoms with E-state index in [1.54, 1.807) is 0 Å². The molecule has 4 aliphatic rings. The van der Waals surface area contributed by atoms with Crippen LogP contribution in [0.3, 0.4) is 0 Å². The fourth-order valence-electron chi connectivity index (χ4n) is 6.65. The van der Waals surface area contributed by atoms with Crippen LogP contribution in [0.15, 0.2) is 47.2 Å². The molecule has 2 saturated heterocycles. The minimum absolute atomic E-state index is 0.0377. The quantitative estimate of drug-likeness (QED) is 0.445.